The van der Waals surface area contributed by atoms with Crippen molar-refractivity contribution in [2.75, 3.05) is 6.54 Å². The van der Waals surface area contributed by atoms with Gasteiger partial charge < -0.3 is 15.4 Å². The van der Waals surface area contributed by atoms with Crippen LogP contribution in [0.3, 0.4) is 0 Å². The molecule has 2 N–H and O–H groups in total. The van der Waals surface area contributed by atoms with Gasteiger partial charge in [-0.05, 0) is 51.7 Å². The van der Waals surface area contributed by atoms with E-state index in [-0.39, 0.29) is 12.1 Å². The molecule has 222 valence electrons. The van der Waals surface area contributed by atoms with Crippen LogP contribution in [-0.2, 0) is 4.74 Å². The molecule has 4 aliphatic rings. The van der Waals surface area contributed by atoms with Crippen LogP contribution in [0.5, 0.6) is 0 Å². The number of aliphatic imine (C=N–C) groups is 2. The third kappa shape index (κ3) is 4.31. The predicted molar refractivity (Wildman–Crippen MR) is 187 cm³/mol. The van der Waals surface area contributed by atoms with Crippen molar-refractivity contribution in [1.82, 2.24) is 10.6 Å². The molecule has 3 heterocycles. The minimum atomic E-state index is -0.660. The molecule has 3 unspecified atom stereocenters. The van der Waals surface area contributed by atoms with Gasteiger partial charge in [-0.3, -0.25) is 0 Å². The topological polar surface area (TPSA) is 58.0 Å². The van der Waals surface area contributed by atoms with Crippen LogP contribution in [0.2, 0.25) is 0 Å². The van der Waals surface area contributed by atoms with E-state index in [0.717, 1.165) is 57.5 Å². The SMILES string of the molecule is CC12OC3=C(C=CCN3)C1C(C1=NC(c3ccccc3)NC(c3ccc4ccccc4c3)=N1)=CC=C2c1ccc2ccccc2c1. The van der Waals surface area contributed by atoms with E-state index >= 15 is 0 Å². The summed E-state index contributed by atoms with van der Waals surface area (Å²) in [4.78, 5) is 10.5. The highest BCUT2D eigenvalue weighted by Crippen LogP contribution is 2.53. The molecule has 46 heavy (non-hydrogen) atoms. The van der Waals surface area contributed by atoms with E-state index < -0.39 is 5.60 Å². The maximum Gasteiger partial charge on any atom is 0.192 e. The third-order valence-electron chi connectivity index (χ3n) is 9.59. The Balaban J connectivity index is 1.22. The summed E-state index contributed by atoms with van der Waals surface area (Å²) in [6.07, 6.45) is 8.52. The zero-order chi connectivity index (χ0) is 30.7. The number of dihydropyridines is 1. The maximum absolute atomic E-state index is 6.92. The zero-order valence-electron chi connectivity index (χ0n) is 25.4. The van der Waals surface area contributed by atoms with Crippen LogP contribution < -0.4 is 10.6 Å². The second-order valence-corrected chi connectivity index (χ2v) is 12.4. The number of amidine groups is 2. The monoisotopic (exact) mass is 596 g/mol. The molecule has 0 fully saturated rings. The number of hydrogen-bond acceptors (Lipinski definition) is 5. The van der Waals surface area contributed by atoms with Crippen LogP contribution in [0.15, 0.2) is 167 Å². The molecule has 0 aromatic heterocycles. The van der Waals surface area contributed by atoms with E-state index in [0.29, 0.717) is 0 Å². The normalized spacial score (nSPS) is 23.3. The van der Waals surface area contributed by atoms with Crippen LogP contribution in [0, 0.1) is 5.92 Å². The molecular weight excluding hydrogens is 564 g/mol. The Bertz CT molecular complexity index is 2240. The minimum absolute atomic E-state index is 0.104. The summed E-state index contributed by atoms with van der Waals surface area (Å²) in [5.41, 5.74) is 5.93. The number of nitrogens with one attached hydrogen (secondary N) is 2. The lowest BCUT2D eigenvalue weighted by molar-refractivity contribution is 0.0653. The van der Waals surface area contributed by atoms with Crippen LogP contribution in [0.1, 0.15) is 29.8 Å². The first-order valence-corrected chi connectivity index (χ1v) is 15.9. The highest BCUT2D eigenvalue weighted by Gasteiger charge is 2.53. The van der Waals surface area contributed by atoms with Crippen molar-refractivity contribution in [2.45, 2.75) is 18.7 Å². The summed E-state index contributed by atoms with van der Waals surface area (Å²) >= 11 is 0. The number of fused-ring (bicyclic) bond motifs is 4. The standard InChI is InChI=1S/C41H32N4O/c1-41-35(31-19-17-26-10-5-7-14-29(26)24-31)22-21-33(36(41)34-16-9-23-42-40(34)46-41)39-44-37(28-12-3-2-4-13-28)43-38(45-39)32-20-18-27-11-6-8-15-30(27)25-32/h2-22,24-25,36-37,42H,23H2,1H3,(H,43,44,45). The van der Waals surface area contributed by atoms with Crippen LogP contribution in [0.25, 0.3) is 27.1 Å². The zero-order valence-corrected chi connectivity index (χ0v) is 25.4. The average molecular weight is 597 g/mol. The first-order chi connectivity index (χ1) is 22.6. The molecule has 5 aromatic rings. The average Bonchev–Trinajstić information content (AvgIpc) is 3.44. The Morgan fingerprint density at radius 3 is 2.17 bits per heavy atom. The Hall–Kier alpha value is -5.68. The molecular formula is C41H32N4O. The molecule has 0 amide bonds. The molecule has 3 atom stereocenters. The van der Waals surface area contributed by atoms with Gasteiger partial charge in [0.2, 0.25) is 0 Å². The van der Waals surface area contributed by atoms with Gasteiger partial charge in [-0.15, -0.1) is 0 Å². The summed E-state index contributed by atoms with van der Waals surface area (Å²) < 4.78 is 6.92. The Kier molecular flexibility index (Phi) is 6.07. The van der Waals surface area contributed by atoms with Gasteiger partial charge in [-0.2, -0.15) is 0 Å². The van der Waals surface area contributed by atoms with Gasteiger partial charge in [0.15, 0.2) is 11.7 Å². The molecule has 9 rings (SSSR count). The summed E-state index contributed by atoms with van der Waals surface area (Å²) in [5, 5.41) is 12.0. The second kappa shape index (κ2) is 10.5. The van der Waals surface area contributed by atoms with Crippen molar-refractivity contribution in [2.24, 2.45) is 15.9 Å². The lowest BCUT2D eigenvalue weighted by atomic mass is 9.69. The molecule has 5 aromatic carbocycles. The maximum atomic E-state index is 6.92. The van der Waals surface area contributed by atoms with Crippen LogP contribution in [-0.4, -0.2) is 23.8 Å². The van der Waals surface area contributed by atoms with Gasteiger partial charge in [0.25, 0.3) is 0 Å². The summed E-state index contributed by atoms with van der Waals surface area (Å²) in [7, 11) is 0. The molecule has 5 nitrogen and oxygen atoms in total. The van der Waals surface area contributed by atoms with E-state index in [1.165, 1.54) is 21.5 Å². The summed E-state index contributed by atoms with van der Waals surface area (Å²) in [6, 6.07) is 40.5. The number of hydrogen-bond donors (Lipinski definition) is 2. The number of benzene rings is 5. The minimum Gasteiger partial charge on any atom is -0.467 e. The molecule has 3 aliphatic heterocycles. The highest BCUT2D eigenvalue weighted by molar-refractivity contribution is 6.15. The van der Waals surface area contributed by atoms with Crippen molar-refractivity contribution in [3.05, 3.63) is 173 Å². The summed E-state index contributed by atoms with van der Waals surface area (Å²) in [6.45, 7) is 2.95. The Morgan fingerprint density at radius 1 is 0.739 bits per heavy atom. The fourth-order valence-electron chi connectivity index (χ4n) is 7.33. The molecule has 0 saturated carbocycles. The highest BCUT2D eigenvalue weighted by atomic mass is 16.5. The second-order valence-electron chi connectivity index (χ2n) is 12.4. The number of rotatable bonds is 4. The fraction of sp³-hybridized carbons (Fsp3) is 0.122. The fourth-order valence-corrected chi connectivity index (χ4v) is 7.33. The third-order valence-corrected chi connectivity index (χ3v) is 9.59. The quantitative estimate of drug-likeness (QED) is 0.220. The molecule has 0 radical (unpaired) electrons. The van der Waals surface area contributed by atoms with Gasteiger partial charge in [0.05, 0.1) is 5.92 Å². The smallest absolute Gasteiger partial charge is 0.192 e. The van der Waals surface area contributed by atoms with Gasteiger partial charge in [-0.1, -0.05) is 127 Å². The molecule has 0 saturated heterocycles. The first kappa shape index (κ1) is 26.7. The van der Waals surface area contributed by atoms with Gasteiger partial charge >= 0.3 is 0 Å². The van der Waals surface area contributed by atoms with E-state index in [9.17, 15) is 0 Å². The van der Waals surface area contributed by atoms with Crippen molar-refractivity contribution in [3.8, 4) is 0 Å². The number of ether oxygens (including phenoxy) is 1. The van der Waals surface area contributed by atoms with Crippen molar-refractivity contribution < 1.29 is 4.74 Å². The van der Waals surface area contributed by atoms with E-state index in [2.05, 4.69) is 151 Å². The predicted octanol–water partition coefficient (Wildman–Crippen LogP) is 8.24. The van der Waals surface area contributed by atoms with Gasteiger partial charge in [-0.25, -0.2) is 9.98 Å². The summed E-state index contributed by atoms with van der Waals surface area (Å²) in [5.74, 6) is 2.26. The van der Waals surface area contributed by atoms with E-state index in [4.69, 9.17) is 14.7 Å². The Morgan fingerprint density at radius 2 is 1.41 bits per heavy atom. The van der Waals surface area contributed by atoms with Gasteiger partial charge in [0, 0.05) is 28.8 Å². The van der Waals surface area contributed by atoms with Gasteiger partial charge in [0.1, 0.15) is 17.6 Å². The van der Waals surface area contributed by atoms with Crippen molar-refractivity contribution in [1.29, 1.82) is 0 Å². The first-order valence-electron chi connectivity index (χ1n) is 15.9. The molecule has 0 bridgehead atoms. The van der Waals surface area contributed by atoms with Crippen LogP contribution >= 0.6 is 0 Å². The largest absolute Gasteiger partial charge is 0.467 e. The molecule has 0 spiro atoms. The molecule has 5 heteroatoms. The number of nitrogens with zero attached hydrogens (tertiary/aromatic N) is 2. The Labute approximate surface area is 268 Å². The van der Waals surface area contributed by atoms with Crippen molar-refractivity contribution >= 4 is 38.8 Å². The number of allylic oxidation sites excluding steroid dienone is 3. The lowest BCUT2D eigenvalue weighted by Crippen LogP contribution is -2.41. The van der Waals surface area contributed by atoms with E-state index in [1.54, 1.807) is 0 Å². The van der Waals surface area contributed by atoms with Crippen molar-refractivity contribution in [3.63, 3.8) is 0 Å². The van der Waals surface area contributed by atoms with E-state index in [1.807, 2.05) is 6.07 Å². The van der Waals surface area contributed by atoms with Crippen LogP contribution in [0.4, 0.5) is 0 Å². The lowest BCUT2D eigenvalue weighted by Gasteiger charge is -2.38. The molecule has 1 aliphatic carbocycles.